The van der Waals surface area contributed by atoms with Crippen molar-refractivity contribution in [2.75, 3.05) is 19.7 Å². The van der Waals surface area contributed by atoms with E-state index >= 15 is 0 Å². The number of rotatable bonds is 6. The van der Waals surface area contributed by atoms with E-state index in [-0.39, 0.29) is 18.1 Å². The number of amides is 2. The standard InChI is InChI=1S/C17H26N2O2/c1-14-6-4-7-15(12-14)17(8-2-3-9-17)13-19-16(21)18-10-5-11-20/h4,6-7,12,20H,2-3,5,8-11,13H2,1H3,(H2,18,19,21). The first-order valence-electron chi connectivity index (χ1n) is 7.86. The van der Waals surface area contributed by atoms with Crippen molar-refractivity contribution in [1.82, 2.24) is 10.6 Å². The molecule has 0 aromatic heterocycles. The van der Waals surface area contributed by atoms with Crippen LogP contribution >= 0.6 is 0 Å². The zero-order valence-electron chi connectivity index (χ0n) is 12.8. The summed E-state index contributed by atoms with van der Waals surface area (Å²) in [6.07, 6.45) is 5.31. The molecule has 0 spiro atoms. The van der Waals surface area contributed by atoms with Gasteiger partial charge >= 0.3 is 6.03 Å². The van der Waals surface area contributed by atoms with Crippen LogP contribution in [-0.4, -0.2) is 30.8 Å². The summed E-state index contributed by atoms with van der Waals surface area (Å²) in [6, 6.07) is 8.51. The van der Waals surface area contributed by atoms with Crippen molar-refractivity contribution in [3.05, 3.63) is 35.4 Å². The fourth-order valence-corrected chi connectivity index (χ4v) is 3.19. The topological polar surface area (TPSA) is 61.4 Å². The zero-order valence-corrected chi connectivity index (χ0v) is 12.8. The predicted octanol–water partition coefficient (Wildman–Crippen LogP) is 2.49. The predicted molar refractivity (Wildman–Crippen MR) is 84.4 cm³/mol. The zero-order chi connectivity index (χ0) is 15.1. The van der Waals surface area contributed by atoms with Crippen LogP contribution in [0.1, 0.15) is 43.2 Å². The third-order valence-electron chi connectivity index (χ3n) is 4.40. The van der Waals surface area contributed by atoms with Gasteiger partial charge in [-0.05, 0) is 31.7 Å². The Bertz CT molecular complexity index is 468. The Kier molecular flexibility index (Phi) is 5.62. The molecule has 0 saturated heterocycles. The number of carbonyl (C=O) groups is 1. The first-order chi connectivity index (χ1) is 10.2. The van der Waals surface area contributed by atoms with E-state index in [0.29, 0.717) is 19.5 Å². The summed E-state index contributed by atoms with van der Waals surface area (Å²) in [7, 11) is 0. The van der Waals surface area contributed by atoms with Crippen molar-refractivity contribution in [2.45, 2.75) is 44.4 Å². The van der Waals surface area contributed by atoms with E-state index in [4.69, 9.17) is 5.11 Å². The molecular weight excluding hydrogens is 264 g/mol. The number of urea groups is 1. The minimum absolute atomic E-state index is 0.0837. The Balaban J connectivity index is 1.97. The lowest BCUT2D eigenvalue weighted by Crippen LogP contribution is -2.44. The highest BCUT2D eigenvalue weighted by Gasteiger charge is 2.35. The van der Waals surface area contributed by atoms with Gasteiger partial charge in [0.05, 0.1) is 0 Å². The van der Waals surface area contributed by atoms with E-state index in [1.807, 2.05) is 0 Å². The highest BCUT2D eigenvalue weighted by atomic mass is 16.3. The number of carbonyl (C=O) groups excluding carboxylic acids is 1. The Morgan fingerprint density at radius 1 is 1.29 bits per heavy atom. The van der Waals surface area contributed by atoms with Crippen molar-refractivity contribution in [3.8, 4) is 0 Å². The minimum Gasteiger partial charge on any atom is -0.396 e. The van der Waals surface area contributed by atoms with Gasteiger partial charge in [-0.2, -0.15) is 0 Å². The highest BCUT2D eigenvalue weighted by molar-refractivity contribution is 5.73. The summed E-state index contributed by atoms with van der Waals surface area (Å²) in [4.78, 5) is 11.8. The molecule has 4 heteroatoms. The van der Waals surface area contributed by atoms with Gasteiger partial charge in [0.25, 0.3) is 0 Å². The number of nitrogens with one attached hydrogen (secondary N) is 2. The molecule has 1 aromatic carbocycles. The van der Waals surface area contributed by atoms with Gasteiger partial charge in [-0.15, -0.1) is 0 Å². The van der Waals surface area contributed by atoms with Gasteiger partial charge in [0.1, 0.15) is 0 Å². The van der Waals surface area contributed by atoms with Gasteiger partial charge in [-0.3, -0.25) is 0 Å². The Hall–Kier alpha value is -1.55. The Labute approximate surface area is 126 Å². The number of aryl methyl sites for hydroxylation is 1. The van der Waals surface area contributed by atoms with Gasteiger partial charge in [0.15, 0.2) is 0 Å². The molecule has 1 saturated carbocycles. The van der Waals surface area contributed by atoms with Gasteiger partial charge < -0.3 is 15.7 Å². The van der Waals surface area contributed by atoms with E-state index in [1.54, 1.807) is 0 Å². The van der Waals surface area contributed by atoms with E-state index in [9.17, 15) is 4.79 Å². The van der Waals surface area contributed by atoms with Gasteiger partial charge in [-0.25, -0.2) is 4.79 Å². The third kappa shape index (κ3) is 4.21. The average molecular weight is 290 g/mol. The molecule has 116 valence electrons. The normalized spacial score (nSPS) is 16.7. The maximum Gasteiger partial charge on any atom is 0.314 e. The fourth-order valence-electron chi connectivity index (χ4n) is 3.19. The number of hydrogen-bond donors (Lipinski definition) is 3. The average Bonchev–Trinajstić information content (AvgIpc) is 2.96. The molecule has 0 heterocycles. The number of aliphatic hydroxyl groups is 1. The molecular formula is C17H26N2O2. The maximum absolute atomic E-state index is 11.8. The summed E-state index contributed by atoms with van der Waals surface area (Å²) in [5.41, 5.74) is 2.70. The quantitative estimate of drug-likeness (QED) is 0.705. The third-order valence-corrected chi connectivity index (χ3v) is 4.40. The summed E-state index contributed by atoms with van der Waals surface area (Å²) < 4.78 is 0. The lowest BCUT2D eigenvalue weighted by molar-refractivity contribution is 0.234. The van der Waals surface area contributed by atoms with E-state index < -0.39 is 0 Å². The molecule has 21 heavy (non-hydrogen) atoms. The second kappa shape index (κ2) is 7.46. The minimum atomic E-state index is -0.137. The van der Waals surface area contributed by atoms with Crippen molar-refractivity contribution in [2.24, 2.45) is 0 Å². The Morgan fingerprint density at radius 2 is 2.05 bits per heavy atom. The van der Waals surface area contributed by atoms with E-state index in [0.717, 1.165) is 12.8 Å². The molecule has 1 aliphatic carbocycles. The first kappa shape index (κ1) is 15.8. The van der Waals surface area contributed by atoms with Crippen LogP contribution in [-0.2, 0) is 5.41 Å². The maximum atomic E-state index is 11.8. The molecule has 0 atom stereocenters. The van der Waals surface area contributed by atoms with Crippen LogP contribution in [0.4, 0.5) is 4.79 Å². The van der Waals surface area contributed by atoms with Crippen LogP contribution in [0.25, 0.3) is 0 Å². The van der Waals surface area contributed by atoms with Crippen LogP contribution in [0.15, 0.2) is 24.3 Å². The monoisotopic (exact) mass is 290 g/mol. The van der Waals surface area contributed by atoms with Crippen LogP contribution in [0.2, 0.25) is 0 Å². The van der Waals surface area contributed by atoms with Crippen molar-refractivity contribution in [1.29, 1.82) is 0 Å². The second-order valence-corrected chi connectivity index (χ2v) is 6.04. The fraction of sp³-hybridized carbons (Fsp3) is 0.588. The Morgan fingerprint density at radius 3 is 2.71 bits per heavy atom. The smallest absolute Gasteiger partial charge is 0.314 e. The summed E-state index contributed by atoms with van der Waals surface area (Å²) in [5, 5.41) is 14.5. The molecule has 2 amide bonds. The van der Waals surface area contributed by atoms with Gasteiger partial charge in [0.2, 0.25) is 0 Å². The molecule has 0 bridgehead atoms. The van der Waals surface area contributed by atoms with Crippen molar-refractivity contribution >= 4 is 6.03 Å². The number of hydrogen-bond acceptors (Lipinski definition) is 2. The summed E-state index contributed by atoms with van der Waals surface area (Å²) in [5.74, 6) is 0. The molecule has 1 aliphatic rings. The van der Waals surface area contributed by atoms with Crippen LogP contribution in [0.3, 0.4) is 0 Å². The molecule has 4 nitrogen and oxygen atoms in total. The highest BCUT2D eigenvalue weighted by Crippen LogP contribution is 2.40. The van der Waals surface area contributed by atoms with E-state index in [1.165, 1.54) is 24.0 Å². The molecule has 0 radical (unpaired) electrons. The van der Waals surface area contributed by atoms with E-state index in [2.05, 4.69) is 41.8 Å². The van der Waals surface area contributed by atoms with Crippen LogP contribution < -0.4 is 10.6 Å². The van der Waals surface area contributed by atoms with Gasteiger partial charge in [0, 0.05) is 25.1 Å². The summed E-state index contributed by atoms with van der Waals surface area (Å²) in [6.45, 7) is 3.41. The lowest BCUT2D eigenvalue weighted by Gasteiger charge is -2.30. The SMILES string of the molecule is Cc1cccc(C2(CNC(=O)NCCCO)CCCC2)c1. The molecule has 0 unspecified atom stereocenters. The summed E-state index contributed by atoms with van der Waals surface area (Å²) >= 11 is 0. The first-order valence-corrected chi connectivity index (χ1v) is 7.86. The molecule has 1 fully saturated rings. The molecule has 3 N–H and O–H groups in total. The van der Waals surface area contributed by atoms with Crippen molar-refractivity contribution < 1.29 is 9.90 Å². The molecule has 1 aromatic rings. The number of aliphatic hydroxyl groups excluding tert-OH is 1. The van der Waals surface area contributed by atoms with Gasteiger partial charge in [-0.1, -0.05) is 42.7 Å². The van der Waals surface area contributed by atoms with Crippen molar-refractivity contribution in [3.63, 3.8) is 0 Å². The van der Waals surface area contributed by atoms with Crippen LogP contribution in [0.5, 0.6) is 0 Å². The largest absolute Gasteiger partial charge is 0.396 e. The number of benzene rings is 1. The lowest BCUT2D eigenvalue weighted by atomic mass is 9.78. The van der Waals surface area contributed by atoms with Crippen LogP contribution in [0, 0.1) is 6.92 Å². The molecule has 0 aliphatic heterocycles. The second-order valence-electron chi connectivity index (χ2n) is 6.04. The molecule has 2 rings (SSSR count).